The molecular weight excluding hydrogens is 308 g/mol. The highest BCUT2D eigenvalue weighted by molar-refractivity contribution is 7.93. The van der Waals surface area contributed by atoms with Gasteiger partial charge in [-0.05, 0) is 18.2 Å². The number of benzene rings is 1. The van der Waals surface area contributed by atoms with E-state index >= 15 is 0 Å². The number of hydrogen-bond donors (Lipinski definition) is 1. The van der Waals surface area contributed by atoms with Gasteiger partial charge in [-0.2, -0.15) is 0 Å². The molecule has 0 bridgehead atoms. The molecule has 2 rings (SSSR count). The number of nitrogens with two attached hydrogens (primary N) is 1. The van der Waals surface area contributed by atoms with E-state index in [1.54, 1.807) is 0 Å². The largest absolute Gasteiger partial charge is 0.366 e. The third kappa shape index (κ3) is 2.66. The van der Waals surface area contributed by atoms with Gasteiger partial charge in [0.15, 0.2) is 5.03 Å². The molecule has 0 aliphatic carbocycles. The molecule has 2 aromatic rings. The van der Waals surface area contributed by atoms with E-state index in [0.717, 1.165) is 6.07 Å². The minimum absolute atomic E-state index is 0.0374. The molecule has 1 aromatic carbocycles. The van der Waals surface area contributed by atoms with Gasteiger partial charge in [0, 0.05) is 25.4 Å². The molecule has 22 heavy (non-hydrogen) atoms. The van der Waals surface area contributed by atoms with Crippen molar-refractivity contribution in [1.29, 1.82) is 0 Å². The number of nitrogens with zero attached hydrogens (tertiary/aromatic N) is 3. The molecule has 2 N–H and O–H groups in total. The second-order valence-corrected chi connectivity index (χ2v) is 6.46. The average molecular weight is 320 g/mol. The summed E-state index contributed by atoms with van der Waals surface area (Å²) in [6.45, 7) is 0. The maximum absolute atomic E-state index is 13.2. The fraction of sp³-hybridized carbons (Fsp3) is 0.0769. The summed E-state index contributed by atoms with van der Waals surface area (Å²) in [6.07, 6.45) is 1.35. The van der Waals surface area contributed by atoms with Crippen molar-refractivity contribution in [2.24, 2.45) is 10.1 Å². The Hall–Kier alpha value is -2.81. The van der Waals surface area contributed by atoms with Crippen molar-refractivity contribution in [3.05, 3.63) is 58.3 Å². The molecule has 0 radical (unpaired) electrons. The topological polar surface area (TPSA) is 129 Å². The Morgan fingerprint density at radius 1 is 1.36 bits per heavy atom. The molecule has 0 spiro atoms. The Labute approximate surface area is 126 Å². The van der Waals surface area contributed by atoms with Crippen molar-refractivity contribution < 1.29 is 13.9 Å². The van der Waals surface area contributed by atoms with E-state index in [2.05, 4.69) is 9.35 Å². The van der Waals surface area contributed by atoms with Crippen LogP contribution in [0.4, 0.5) is 5.69 Å². The van der Waals surface area contributed by atoms with Crippen LogP contribution in [0.15, 0.2) is 56.9 Å². The Kier molecular flexibility index (Phi) is 4.18. The van der Waals surface area contributed by atoms with Crippen molar-refractivity contribution in [2.45, 2.75) is 9.92 Å². The Bertz CT molecular complexity index is 872. The molecule has 9 heteroatoms. The predicted molar refractivity (Wildman–Crippen MR) is 78.9 cm³/mol. The number of rotatable bonds is 4. The van der Waals surface area contributed by atoms with Crippen molar-refractivity contribution in [2.75, 3.05) is 7.05 Å². The Morgan fingerprint density at radius 2 is 2.09 bits per heavy atom. The lowest BCUT2D eigenvalue weighted by Gasteiger charge is -2.11. The van der Waals surface area contributed by atoms with E-state index in [0.29, 0.717) is 0 Å². The average Bonchev–Trinajstić information content (AvgIpc) is 2.54. The fourth-order valence-corrected chi connectivity index (χ4v) is 3.69. The highest BCUT2D eigenvalue weighted by Crippen LogP contribution is 2.27. The summed E-state index contributed by atoms with van der Waals surface area (Å²) < 4.78 is 17.0. The molecule has 1 amide bonds. The van der Waals surface area contributed by atoms with E-state index < -0.39 is 20.6 Å². The zero-order valence-electron chi connectivity index (χ0n) is 11.5. The van der Waals surface area contributed by atoms with E-state index in [1.165, 1.54) is 43.6 Å². The smallest absolute Gasteiger partial charge is 0.270 e. The number of carbonyl (C=O) groups is 1. The maximum atomic E-state index is 13.2. The van der Waals surface area contributed by atoms with Gasteiger partial charge in [-0.25, -0.2) is 13.6 Å². The first-order chi connectivity index (χ1) is 10.4. The Morgan fingerprint density at radius 3 is 2.68 bits per heavy atom. The van der Waals surface area contributed by atoms with Crippen LogP contribution in [0.5, 0.6) is 0 Å². The number of aromatic nitrogens is 1. The number of primary amides is 1. The first-order valence-electron chi connectivity index (χ1n) is 6.04. The lowest BCUT2D eigenvalue weighted by molar-refractivity contribution is -0.385. The van der Waals surface area contributed by atoms with Crippen LogP contribution in [0, 0.1) is 10.1 Å². The monoisotopic (exact) mass is 320 g/mol. The van der Waals surface area contributed by atoms with Crippen LogP contribution >= 0.6 is 0 Å². The van der Waals surface area contributed by atoms with Gasteiger partial charge in [0.25, 0.3) is 11.6 Å². The molecule has 1 aromatic heterocycles. The molecule has 8 nitrogen and oxygen atoms in total. The summed E-state index contributed by atoms with van der Waals surface area (Å²) in [6, 6.07) is 8.10. The molecule has 1 atom stereocenters. The summed E-state index contributed by atoms with van der Waals surface area (Å²) in [5.41, 5.74) is 5.00. The molecule has 0 saturated carbocycles. The zero-order chi connectivity index (χ0) is 16.3. The van der Waals surface area contributed by atoms with Gasteiger partial charge in [-0.3, -0.25) is 14.9 Å². The fourth-order valence-electron chi connectivity index (χ4n) is 1.87. The van der Waals surface area contributed by atoms with E-state index in [9.17, 15) is 19.1 Å². The van der Waals surface area contributed by atoms with Gasteiger partial charge in [0.2, 0.25) is 0 Å². The number of carbonyl (C=O) groups excluding carboxylic acids is 1. The summed E-state index contributed by atoms with van der Waals surface area (Å²) in [5.74, 6) is -0.801. The SMILES string of the molecule is CN=S(=O)(c1cccc([N+](=O)[O-])c1)c1ncccc1C(N)=O. The van der Waals surface area contributed by atoms with Gasteiger partial charge in [0.05, 0.1) is 15.4 Å². The van der Waals surface area contributed by atoms with Gasteiger partial charge in [-0.1, -0.05) is 6.07 Å². The lowest BCUT2D eigenvalue weighted by Crippen LogP contribution is -2.17. The number of pyridine rings is 1. The highest BCUT2D eigenvalue weighted by Gasteiger charge is 2.24. The number of nitro groups is 1. The number of nitro benzene ring substituents is 1. The van der Waals surface area contributed by atoms with Gasteiger partial charge in [0.1, 0.15) is 9.73 Å². The number of hydrogen-bond acceptors (Lipinski definition) is 6. The van der Waals surface area contributed by atoms with E-state index in [-0.39, 0.29) is 21.2 Å². The van der Waals surface area contributed by atoms with Crippen molar-refractivity contribution in [3.8, 4) is 0 Å². The third-order valence-corrected chi connectivity index (χ3v) is 5.16. The first kappa shape index (κ1) is 15.6. The number of non-ortho nitro benzene ring substituents is 1. The molecule has 0 fully saturated rings. The van der Waals surface area contributed by atoms with Crippen LogP contribution < -0.4 is 5.73 Å². The maximum Gasteiger partial charge on any atom is 0.270 e. The summed E-state index contributed by atoms with van der Waals surface area (Å²) in [4.78, 5) is 25.8. The van der Waals surface area contributed by atoms with Gasteiger partial charge >= 0.3 is 0 Å². The summed E-state index contributed by atoms with van der Waals surface area (Å²) in [7, 11) is -2.02. The normalized spacial score (nSPS) is 13.1. The highest BCUT2D eigenvalue weighted by atomic mass is 32.2. The molecule has 1 unspecified atom stereocenters. The minimum Gasteiger partial charge on any atom is -0.366 e. The van der Waals surface area contributed by atoms with E-state index in [4.69, 9.17) is 5.73 Å². The second kappa shape index (κ2) is 5.90. The van der Waals surface area contributed by atoms with Gasteiger partial charge in [-0.15, -0.1) is 0 Å². The second-order valence-electron chi connectivity index (χ2n) is 4.18. The minimum atomic E-state index is -3.31. The Balaban J connectivity index is 2.76. The zero-order valence-corrected chi connectivity index (χ0v) is 12.3. The third-order valence-electron chi connectivity index (χ3n) is 2.90. The quantitative estimate of drug-likeness (QED) is 0.675. The first-order valence-corrected chi connectivity index (χ1v) is 7.56. The van der Waals surface area contributed by atoms with Crippen molar-refractivity contribution in [1.82, 2.24) is 4.98 Å². The van der Waals surface area contributed by atoms with Gasteiger partial charge < -0.3 is 5.73 Å². The van der Waals surface area contributed by atoms with Crippen LogP contribution in [0.2, 0.25) is 0 Å². The van der Waals surface area contributed by atoms with Crippen LogP contribution in [0.1, 0.15) is 10.4 Å². The molecule has 114 valence electrons. The van der Waals surface area contributed by atoms with Crippen LogP contribution in [0.25, 0.3) is 0 Å². The molecule has 0 aliphatic rings. The van der Waals surface area contributed by atoms with Crippen LogP contribution in [-0.2, 0) is 9.73 Å². The molecule has 1 heterocycles. The molecular formula is C13H12N4O4S. The summed E-state index contributed by atoms with van der Waals surface area (Å²) >= 11 is 0. The molecule has 0 aliphatic heterocycles. The summed E-state index contributed by atoms with van der Waals surface area (Å²) in [5, 5.41) is 10.8. The number of amides is 1. The molecule has 0 saturated heterocycles. The lowest BCUT2D eigenvalue weighted by atomic mass is 10.3. The van der Waals surface area contributed by atoms with Crippen LogP contribution in [0.3, 0.4) is 0 Å². The van der Waals surface area contributed by atoms with Crippen molar-refractivity contribution in [3.63, 3.8) is 0 Å². The standard InChI is InChI=1S/C13H12N4O4S/c1-15-22(21,10-5-2-4-9(8-10)17(19)20)13-11(12(14)18)6-3-7-16-13/h2-8H,1H3,(H2,14,18). The van der Waals surface area contributed by atoms with E-state index in [1.807, 2.05) is 0 Å². The van der Waals surface area contributed by atoms with Crippen LogP contribution in [-0.4, -0.2) is 27.1 Å². The van der Waals surface area contributed by atoms with Crippen molar-refractivity contribution >= 4 is 21.3 Å². The predicted octanol–water partition coefficient (Wildman–Crippen LogP) is 1.60.